The fraction of sp³-hybridized carbons (Fsp3) is 0.269. The molecule has 1 aromatic heterocycles. The number of hydrogen-bond donors (Lipinski definition) is 2. The molecule has 1 fully saturated rings. The molecule has 0 saturated carbocycles. The Bertz CT molecular complexity index is 1330. The van der Waals surface area contributed by atoms with Crippen LogP contribution >= 0.6 is 0 Å². The number of nitrogens with two attached hydrogens (primary N) is 1. The highest BCUT2D eigenvalue weighted by Gasteiger charge is 2.35. The molecule has 0 aliphatic carbocycles. The molecule has 3 heterocycles. The standard InChI is InChI=1S/C26H26N4O4/c1-34-26(33)19-5-2-3-6-21(19)28-25(32)17-9-10-23(20(27)12-17)29-13-16-11-18(15-29)22-7-4-8-24(31)30(22)14-16/h2-10,12,16,18H,11,13-15,27H2,1H3,(H,28,32). The van der Waals surface area contributed by atoms with Gasteiger partial charge in [-0.3, -0.25) is 9.59 Å². The van der Waals surface area contributed by atoms with E-state index in [-0.39, 0.29) is 22.9 Å². The number of nitrogens with zero attached hydrogens (tertiary/aromatic N) is 2. The van der Waals surface area contributed by atoms with Gasteiger partial charge in [-0.25, -0.2) is 4.79 Å². The number of ether oxygens (including phenoxy) is 1. The lowest BCUT2D eigenvalue weighted by Gasteiger charge is -2.44. The number of methoxy groups -OCH3 is 1. The van der Waals surface area contributed by atoms with Crippen molar-refractivity contribution >= 4 is 28.9 Å². The predicted octanol–water partition coefficient (Wildman–Crippen LogP) is 3.09. The van der Waals surface area contributed by atoms with Crippen LogP contribution in [-0.2, 0) is 11.3 Å². The van der Waals surface area contributed by atoms with E-state index in [1.807, 2.05) is 22.8 Å². The summed E-state index contributed by atoms with van der Waals surface area (Å²) < 4.78 is 6.69. The van der Waals surface area contributed by atoms with Crippen LogP contribution in [0.5, 0.6) is 0 Å². The molecule has 5 rings (SSSR count). The second kappa shape index (κ2) is 8.70. The van der Waals surface area contributed by atoms with Crippen LogP contribution in [0.15, 0.2) is 65.5 Å². The molecule has 0 radical (unpaired) electrons. The molecule has 8 heteroatoms. The number of rotatable bonds is 4. The van der Waals surface area contributed by atoms with Gasteiger partial charge in [-0.15, -0.1) is 0 Å². The molecule has 2 atom stereocenters. The van der Waals surface area contributed by atoms with Crippen LogP contribution in [0.3, 0.4) is 0 Å². The summed E-state index contributed by atoms with van der Waals surface area (Å²) in [6, 6.07) is 17.4. The lowest BCUT2D eigenvalue weighted by Crippen LogP contribution is -2.47. The molecule has 8 nitrogen and oxygen atoms in total. The van der Waals surface area contributed by atoms with Gasteiger partial charge in [-0.05, 0) is 48.7 Å². The van der Waals surface area contributed by atoms with Crippen molar-refractivity contribution in [3.8, 4) is 0 Å². The summed E-state index contributed by atoms with van der Waals surface area (Å²) in [5.74, 6) is -0.259. The molecule has 0 spiro atoms. The van der Waals surface area contributed by atoms with Gasteiger partial charge in [0, 0.05) is 42.9 Å². The zero-order valence-corrected chi connectivity index (χ0v) is 18.9. The van der Waals surface area contributed by atoms with E-state index in [1.165, 1.54) is 7.11 Å². The molecule has 2 aliphatic rings. The average molecular weight is 459 g/mol. The van der Waals surface area contributed by atoms with Crippen molar-refractivity contribution < 1.29 is 14.3 Å². The fourth-order valence-electron chi connectivity index (χ4n) is 5.15. The highest BCUT2D eigenvalue weighted by molar-refractivity contribution is 6.08. The number of hydrogen-bond acceptors (Lipinski definition) is 6. The third-order valence-electron chi connectivity index (χ3n) is 6.69. The summed E-state index contributed by atoms with van der Waals surface area (Å²) in [6.45, 7) is 2.28. The molecule has 2 aliphatic heterocycles. The molecule has 3 aromatic rings. The van der Waals surface area contributed by atoms with Crippen LogP contribution < -0.4 is 21.5 Å². The Labute approximate surface area is 196 Å². The largest absolute Gasteiger partial charge is 0.465 e. The minimum absolute atomic E-state index is 0.0595. The Morgan fingerprint density at radius 1 is 1.03 bits per heavy atom. The normalized spacial score (nSPS) is 18.7. The first-order chi connectivity index (χ1) is 16.4. The minimum atomic E-state index is -0.523. The maximum absolute atomic E-state index is 12.9. The number of carbonyl (C=O) groups excluding carboxylic acids is 2. The minimum Gasteiger partial charge on any atom is -0.465 e. The first-order valence-corrected chi connectivity index (χ1v) is 11.3. The lowest BCUT2D eigenvalue weighted by molar-refractivity contribution is 0.0602. The highest BCUT2D eigenvalue weighted by atomic mass is 16.5. The maximum Gasteiger partial charge on any atom is 0.339 e. The van der Waals surface area contributed by atoms with Crippen LogP contribution in [-0.4, -0.2) is 36.6 Å². The Morgan fingerprint density at radius 2 is 1.85 bits per heavy atom. The van der Waals surface area contributed by atoms with E-state index < -0.39 is 5.97 Å². The van der Waals surface area contributed by atoms with Crippen molar-refractivity contribution in [2.24, 2.45) is 5.92 Å². The van der Waals surface area contributed by atoms with Crippen molar-refractivity contribution in [2.75, 3.05) is 36.1 Å². The van der Waals surface area contributed by atoms with Crippen LogP contribution in [0.1, 0.15) is 38.7 Å². The summed E-state index contributed by atoms with van der Waals surface area (Å²) in [4.78, 5) is 39.4. The highest BCUT2D eigenvalue weighted by Crippen LogP contribution is 2.38. The summed E-state index contributed by atoms with van der Waals surface area (Å²) in [5.41, 5.74) is 9.99. The number of anilines is 3. The van der Waals surface area contributed by atoms with Gasteiger partial charge >= 0.3 is 5.97 Å². The van der Waals surface area contributed by atoms with E-state index >= 15 is 0 Å². The van der Waals surface area contributed by atoms with Gasteiger partial charge in [0.2, 0.25) is 0 Å². The quantitative estimate of drug-likeness (QED) is 0.460. The zero-order chi connectivity index (χ0) is 23.8. The molecule has 34 heavy (non-hydrogen) atoms. The summed E-state index contributed by atoms with van der Waals surface area (Å²) in [6.07, 6.45) is 1.06. The van der Waals surface area contributed by atoms with Gasteiger partial charge < -0.3 is 25.3 Å². The first-order valence-electron chi connectivity index (χ1n) is 11.3. The predicted molar refractivity (Wildman–Crippen MR) is 130 cm³/mol. The number of esters is 1. The molecule has 1 saturated heterocycles. The van der Waals surface area contributed by atoms with Gasteiger partial charge in [0.25, 0.3) is 11.5 Å². The number of nitrogen functional groups attached to an aromatic ring is 1. The molecular formula is C26H26N4O4. The van der Waals surface area contributed by atoms with Crippen molar-refractivity contribution in [2.45, 2.75) is 18.9 Å². The number of piperidine rings is 1. The molecule has 2 aromatic carbocycles. The van der Waals surface area contributed by atoms with Crippen LogP contribution in [0.4, 0.5) is 17.1 Å². The van der Waals surface area contributed by atoms with Gasteiger partial charge in [-0.1, -0.05) is 18.2 Å². The number of para-hydroxylation sites is 1. The topological polar surface area (TPSA) is 107 Å². The molecule has 3 N–H and O–H groups in total. The number of carbonyl (C=O) groups is 2. The van der Waals surface area contributed by atoms with Crippen LogP contribution in [0, 0.1) is 5.92 Å². The number of nitrogens with one attached hydrogen (secondary N) is 1. The van der Waals surface area contributed by atoms with Crippen molar-refractivity contribution in [1.29, 1.82) is 0 Å². The summed E-state index contributed by atoms with van der Waals surface area (Å²) in [7, 11) is 1.30. The first kappa shape index (κ1) is 21.8. The average Bonchev–Trinajstić information content (AvgIpc) is 2.84. The third-order valence-corrected chi connectivity index (χ3v) is 6.69. The number of fused-ring (bicyclic) bond motifs is 4. The summed E-state index contributed by atoms with van der Waals surface area (Å²) >= 11 is 0. The van der Waals surface area contributed by atoms with Gasteiger partial charge in [-0.2, -0.15) is 0 Å². The molecule has 1 amide bonds. The lowest BCUT2D eigenvalue weighted by atomic mass is 9.83. The van der Waals surface area contributed by atoms with Crippen molar-refractivity contribution in [1.82, 2.24) is 4.57 Å². The molecular weight excluding hydrogens is 432 g/mol. The van der Waals surface area contributed by atoms with Crippen molar-refractivity contribution in [3.05, 3.63) is 87.8 Å². The second-order valence-electron chi connectivity index (χ2n) is 8.87. The van der Waals surface area contributed by atoms with E-state index in [0.29, 0.717) is 29.4 Å². The molecule has 174 valence electrons. The molecule has 2 bridgehead atoms. The Balaban J connectivity index is 1.36. The van der Waals surface area contributed by atoms with E-state index in [1.54, 1.807) is 42.5 Å². The van der Waals surface area contributed by atoms with E-state index in [4.69, 9.17) is 10.5 Å². The Hall–Kier alpha value is -4.07. The second-order valence-corrected chi connectivity index (χ2v) is 8.87. The Morgan fingerprint density at radius 3 is 2.65 bits per heavy atom. The SMILES string of the molecule is COC(=O)c1ccccc1NC(=O)c1ccc(N2CC3CC(C2)c2cccc(=O)n2C3)c(N)c1. The van der Waals surface area contributed by atoms with E-state index in [0.717, 1.165) is 30.9 Å². The third kappa shape index (κ3) is 3.91. The monoisotopic (exact) mass is 458 g/mol. The number of aromatic nitrogens is 1. The van der Waals surface area contributed by atoms with Crippen LogP contribution in [0.25, 0.3) is 0 Å². The van der Waals surface area contributed by atoms with Crippen molar-refractivity contribution in [3.63, 3.8) is 0 Å². The van der Waals surface area contributed by atoms with E-state index in [2.05, 4.69) is 10.2 Å². The number of benzene rings is 2. The van der Waals surface area contributed by atoms with Gasteiger partial charge in [0.15, 0.2) is 0 Å². The zero-order valence-electron chi connectivity index (χ0n) is 18.9. The van der Waals surface area contributed by atoms with E-state index in [9.17, 15) is 14.4 Å². The fourth-order valence-corrected chi connectivity index (χ4v) is 5.15. The Kier molecular flexibility index (Phi) is 5.57. The molecule has 2 unspecified atom stereocenters. The number of pyridine rings is 1. The van der Waals surface area contributed by atoms with Crippen LogP contribution in [0.2, 0.25) is 0 Å². The summed E-state index contributed by atoms with van der Waals surface area (Å²) in [5, 5.41) is 2.78. The maximum atomic E-state index is 12.9. The smallest absolute Gasteiger partial charge is 0.339 e. The van der Waals surface area contributed by atoms with Gasteiger partial charge in [0.1, 0.15) is 0 Å². The number of amides is 1. The van der Waals surface area contributed by atoms with Gasteiger partial charge in [0.05, 0.1) is 29.7 Å².